The highest BCUT2D eigenvalue weighted by molar-refractivity contribution is 7.89. The smallest absolute Gasteiger partial charge is 0.241 e. The van der Waals surface area contributed by atoms with Crippen LogP contribution in [0, 0.1) is 6.92 Å². The number of benzene rings is 1. The van der Waals surface area contributed by atoms with Gasteiger partial charge in [0.05, 0.1) is 22.9 Å². The minimum atomic E-state index is -3.53. The molecule has 0 unspecified atom stereocenters. The maximum absolute atomic E-state index is 12.8. The van der Waals surface area contributed by atoms with E-state index in [0.717, 1.165) is 31.7 Å². The Hall–Kier alpha value is -1.25. The van der Waals surface area contributed by atoms with Crippen LogP contribution in [-0.2, 0) is 10.0 Å². The Kier molecular flexibility index (Phi) is 6.14. The molecule has 1 saturated heterocycles. The van der Waals surface area contributed by atoms with E-state index >= 15 is 0 Å². The first-order valence-electron chi connectivity index (χ1n) is 9.15. The van der Waals surface area contributed by atoms with E-state index in [4.69, 9.17) is 0 Å². The van der Waals surface area contributed by atoms with Gasteiger partial charge in [0.2, 0.25) is 10.0 Å². The number of thiophene rings is 1. The average molecular weight is 396 g/mol. The average Bonchev–Trinajstić information content (AvgIpc) is 3.11. The molecule has 0 bridgehead atoms. The van der Waals surface area contributed by atoms with Crippen LogP contribution < -0.4 is 14.5 Å². The molecule has 0 radical (unpaired) electrons. The lowest BCUT2D eigenvalue weighted by atomic mass is 10.1. The molecule has 3 N–H and O–H groups in total. The summed E-state index contributed by atoms with van der Waals surface area (Å²) in [5, 5.41) is 2.07. The lowest BCUT2D eigenvalue weighted by molar-refractivity contribution is -1.02. The van der Waals surface area contributed by atoms with Gasteiger partial charge in [-0.05, 0) is 37.4 Å². The molecule has 0 amide bonds. The number of aryl methyl sites for hydroxylation is 1. The van der Waals surface area contributed by atoms with Gasteiger partial charge in [-0.25, -0.2) is 13.1 Å². The van der Waals surface area contributed by atoms with Gasteiger partial charge in [-0.15, -0.1) is 11.3 Å². The Morgan fingerprint density at radius 2 is 1.73 bits per heavy atom. The molecule has 0 saturated carbocycles. The van der Waals surface area contributed by atoms with Gasteiger partial charge in [-0.2, -0.15) is 0 Å². The van der Waals surface area contributed by atoms with Gasteiger partial charge in [-0.1, -0.05) is 23.8 Å². The number of likely N-dealkylation sites (N-methyl/N-ethyl adjacent to an activating group) is 1. The normalized spacial score (nSPS) is 23.5. The zero-order valence-electron chi connectivity index (χ0n) is 15.7. The first-order chi connectivity index (χ1) is 12.4. The molecule has 7 heteroatoms. The van der Waals surface area contributed by atoms with Crippen LogP contribution in [-0.4, -0.2) is 47.7 Å². The fraction of sp³-hybridized carbons (Fsp3) is 0.474. The van der Waals surface area contributed by atoms with E-state index in [2.05, 4.69) is 29.3 Å². The molecule has 3 rings (SSSR count). The maximum Gasteiger partial charge on any atom is 0.241 e. The molecule has 1 aliphatic rings. The van der Waals surface area contributed by atoms with Crippen LogP contribution in [0.3, 0.4) is 0 Å². The molecule has 0 spiro atoms. The third-order valence-corrected chi connectivity index (χ3v) is 7.74. The summed E-state index contributed by atoms with van der Waals surface area (Å²) in [6.45, 7) is 8.31. The number of hydrogen-bond acceptors (Lipinski definition) is 3. The standard InChI is InChI=1S/C19H27N3O2S2/c1-15-6-8-17(9-7-15)26(23,24)20-16(2)19(18-5-4-14-25-18)22-12-10-21(3)11-13-22/h4-9,14,16,19-20H,10-13H2,1-3H3/p+2/t16-,19-/m1/s1. The van der Waals surface area contributed by atoms with Crippen molar-refractivity contribution in [1.29, 1.82) is 0 Å². The zero-order chi connectivity index (χ0) is 18.7. The second-order valence-corrected chi connectivity index (χ2v) is 10.0. The molecule has 2 heterocycles. The van der Waals surface area contributed by atoms with Crippen LogP contribution in [0.1, 0.15) is 23.4 Å². The fourth-order valence-electron chi connectivity index (χ4n) is 3.68. The summed E-state index contributed by atoms with van der Waals surface area (Å²) in [5.74, 6) is 0. The molecule has 1 aliphatic heterocycles. The first-order valence-corrected chi connectivity index (χ1v) is 11.5. The molecule has 26 heavy (non-hydrogen) atoms. The van der Waals surface area contributed by atoms with Crippen LogP contribution in [0.25, 0.3) is 0 Å². The number of sulfonamides is 1. The van der Waals surface area contributed by atoms with Gasteiger partial charge in [0.1, 0.15) is 32.2 Å². The Morgan fingerprint density at radius 1 is 1.08 bits per heavy atom. The van der Waals surface area contributed by atoms with Crippen LogP contribution in [0.4, 0.5) is 0 Å². The van der Waals surface area contributed by atoms with E-state index in [1.165, 1.54) is 9.78 Å². The number of quaternary nitrogens is 2. The Labute approximate surface area is 160 Å². The highest BCUT2D eigenvalue weighted by Gasteiger charge is 2.36. The third-order valence-electron chi connectivity index (χ3n) is 5.21. The topological polar surface area (TPSA) is 55.0 Å². The third kappa shape index (κ3) is 4.53. The molecular weight excluding hydrogens is 366 g/mol. The van der Waals surface area contributed by atoms with Crippen molar-refractivity contribution in [2.24, 2.45) is 0 Å². The predicted molar refractivity (Wildman–Crippen MR) is 105 cm³/mol. The highest BCUT2D eigenvalue weighted by atomic mass is 32.2. The summed E-state index contributed by atoms with van der Waals surface area (Å²) in [4.78, 5) is 4.60. The van der Waals surface area contributed by atoms with Crippen LogP contribution in [0.15, 0.2) is 46.7 Å². The number of piperazine rings is 1. The lowest BCUT2D eigenvalue weighted by Gasteiger charge is -2.35. The Bertz CT molecular complexity index is 796. The van der Waals surface area contributed by atoms with Crippen molar-refractivity contribution >= 4 is 21.4 Å². The monoisotopic (exact) mass is 395 g/mol. The quantitative estimate of drug-likeness (QED) is 0.639. The molecular formula is C19H29N3O2S2+2. The summed E-state index contributed by atoms with van der Waals surface area (Å²) >= 11 is 1.72. The van der Waals surface area contributed by atoms with Crippen molar-refractivity contribution in [3.05, 3.63) is 52.2 Å². The van der Waals surface area contributed by atoms with Crippen molar-refractivity contribution < 1.29 is 18.2 Å². The summed E-state index contributed by atoms with van der Waals surface area (Å²) in [6, 6.07) is 11.2. The summed E-state index contributed by atoms with van der Waals surface area (Å²) < 4.78 is 28.6. The minimum Gasteiger partial charge on any atom is -0.328 e. The number of hydrogen-bond donors (Lipinski definition) is 3. The number of rotatable bonds is 6. The Morgan fingerprint density at radius 3 is 2.31 bits per heavy atom. The van der Waals surface area contributed by atoms with E-state index in [1.807, 2.05) is 26.0 Å². The van der Waals surface area contributed by atoms with Gasteiger partial charge in [0, 0.05) is 0 Å². The Balaban J connectivity index is 1.81. The van der Waals surface area contributed by atoms with Crippen LogP contribution in [0.5, 0.6) is 0 Å². The van der Waals surface area contributed by atoms with Crippen molar-refractivity contribution in [3.8, 4) is 0 Å². The SMILES string of the molecule is Cc1ccc(S(=O)(=O)N[C@H](C)[C@H](c2cccs2)[NH+]2CC[NH+](C)CC2)cc1. The van der Waals surface area contributed by atoms with Gasteiger partial charge in [0.25, 0.3) is 0 Å². The van der Waals surface area contributed by atoms with E-state index in [-0.39, 0.29) is 12.1 Å². The van der Waals surface area contributed by atoms with Crippen LogP contribution in [0.2, 0.25) is 0 Å². The van der Waals surface area contributed by atoms with Gasteiger partial charge < -0.3 is 9.80 Å². The number of nitrogens with one attached hydrogen (secondary N) is 3. The lowest BCUT2D eigenvalue weighted by Crippen LogP contribution is -3.27. The molecule has 5 nitrogen and oxygen atoms in total. The molecule has 142 valence electrons. The summed E-state index contributed by atoms with van der Waals surface area (Å²) in [5.41, 5.74) is 1.05. The molecule has 1 aromatic carbocycles. The molecule has 2 atom stereocenters. The van der Waals surface area contributed by atoms with E-state index in [1.54, 1.807) is 28.4 Å². The summed E-state index contributed by atoms with van der Waals surface area (Å²) in [6.07, 6.45) is 0. The minimum absolute atomic E-state index is 0.142. The maximum atomic E-state index is 12.8. The second-order valence-electron chi connectivity index (χ2n) is 7.33. The van der Waals surface area contributed by atoms with Gasteiger partial charge in [0.15, 0.2) is 0 Å². The van der Waals surface area contributed by atoms with Crippen molar-refractivity contribution in [2.75, 3.05) is 33.2 Å². The van der Waals surface area contributed by atoms with Gasteiger partial charge >= 0.3 is 0 Å². The van der Waals surface area contributed by atoms with E-state index in [0.29, 0.717) is 4.90 Å². The van der Waals surface area contributed by atoms with Crippen molar-refractivity contribution in [3.63, 3.8) is 0 Å². The first kappa shape index (κ1) is 19.5. The molecule has 0 aliphatic carbocycles. The molecule has 1 aromatic heterocycles. The van der Waals surface area contributed by atoms with Gasteiger partial charge in [-0.3, -0.25) is 0 Å². The van der Waals surface area contributed by atoms with E-state index < -0.39 is 10.0 Å². The predicted octanol–water partition coefficient (Wildman–Crippen LogP) is -0.122. The second kappa shape index (κ2) is 8.19. The van der Waals surface area contributed by atoms with Crippen molar-refractivity contribution in [2.45, 2.75) is 30.8 Å². The molecule has 1 fully saturated rings. The largest absolute Gasteiger partial charge is 0.328 e. The van der Waals surface area contributed by atoms with Crippen molar-refractivity contribution in [1.82, 2.24) is 4.72 Å². The molecule has 2 aromatic rings. The van der Waals surface area contributed by atoms with Crippen LogP contribution >= 0.6 is 11.3 Å². The van der Waals surface area contributed by atoms with E-state index in [9.17, 15) is 8.42 Å². The fourth-order valence-corrected chi connectivity index (χ4v) is 5.92. The zero-order valence-corrected chi connectivity index (χ0v) is 17.3. The highest BCUT2D eigenvalue weighted by Crippen LogP contribution is 2.21. The summed E-state index contributed by atoms with van der Waals surface area (Å²) in [7, 11) is -1.30.